The van der Waals surface area contributed by atoms with Gasteiger partial charge in [-0.05, 0) is 0 Å². The summed E-state index contributed by atoms with van der Waals surface area (Å²) in [5.41, 5.74) is -1.87. The smallest absolute Gasteiger partial charge is 0.330 e. The molecule has 4 atom stereocenters. The number of nitrogens with one attached hydrogen (secondary N) is 1. The van der Waals surface area contributed by atoms with Gasteiger partial charge in [0.15, 0.2) is 18.4 Å². The van der Waals surface area contributed by atoms with Crippen LogP contribution in [-0.4, -0.2) is 52.4 Å². The van der Waals surface area contributed by atoms with Gasteiger partial charge in [0.1, 0.15) is 17.7 Å². The highest BCUT2D eigenvalue weighted by Gasteiger charge is 2.51. The molecule has 1 saturated heterocycles. The second-order valence-corrected chi connectivity index (χ2v) is 5.71. The summed E-state index contributed by atoms with van der Waals surface area (Å²) >= 11 is 5.75. The molecule has 148 valence electrons. The number of carbonyl (C=O) groups is 3. The second-order valence-electron chi connectivity index (χ2n) is 5.30. The molecule has 1 aromatic rings. The third-order valence-electron chi connectivity index (χ3n) is 3.43. The molecule has 0 bridgehead atoms. The molecule has 0 aliphatic carbocycles. The van der Waals surface area contributed by atoms with Crippen molar-refractivity contribution in [1.29, 1.82) is 0 Å². The molecule has 2 heterocycles. The predicted octanol–water partition coefficient (Wildman–Crippen LogP) is -0.486. The lowest BCUT2D eigenvalue weighted by Crippen LogP contribution is -2.42. The van der Waals surface area contributed by atoms with E-state index in [0.29, 0.717) is 0 Å². The fraction of sp³-hybridized carbons (Fsp3) is 0.533. The van der Waals surface area contributed by atoms with Gasteiger partial charge in [0.25, 0.3) is 5.56 Å². The number of nitrogens with zero attached hydrogens (tertiary/aromatic N) is 1. The number of halogens is 1. The van der Waals surface area contributed by atoms with Crippen molar-refractivity contribution in [3.63, 3.8) is 0 Å². The number of H-pyrrole nitrogens is 1. The molecule has 1 N–H and O–H groups in total. The Hall–Kier alpha value is -2.66. The normalized spacial score (nSPS) is 25.7. The number of hydrogen-bond acceptors (Lipinski definition) is 9. The average molecular weight is 408 g/mol. The van der Waals surface area contributed by atoms with Gasteiger partial charge in [-0.15, -0.1) is 0 Å². The Morgan fingerprint density at radius 3 is 2.44 bits per heavy atom. The highest BCUT2D eigenvalue weighted by molar-refractivity contribution is 6.30. The number of rotatable bonds is 5. The first-order chi connectivity index (χ1) is 14.2. The quantitative estimate of drug-likeness (QED) is 0.505. The zero-order valence-electron chi connectivity index (χ0n) is 16.7. The summed E-state index contributed by atoms with van der Waals surface area (Å²) in [6, 6.07) is 0. The summed E-state index contributed by atoms with van der Waals surface area (Å²) in [5.74, 6) is -3.00. The summed E-state index contributed by atoms with van der Waals surface area (Å²) in [4.78, 5) is 60.4. The minimum Gasteiger partial charge on any atom is -0.463 e. The van der Waals surface area contributed by atoms with E-state index in [0.717, 1.165) is 10.8 Å². The molecular formula is C15H17ClN2O9. The first-order valence-electron chi connectivity index (χ1n) is 9.42. The van der Waals surface area contributed by atoms with Gasteiger partial charge in [-0.1, -0.05) is 11.6 Å². The summed E-state index contributed by atoms with van der Waals surface area (Å²) in [7, 11) is 0. The summed E-state index contributed by atoms with van der Waals surface area (Å²) in [5, 5.41) is -0.396. The lowest BCUT2D eigenvalue weighted by Gasteiger charge is -2.23. The van der Waals surface area contributed by atoms with E-state index < -0.39 is 86.0 Å². The van der Waals surface area contributed by atoms with E-state index in [1.165, 1.54) is 0 Å². The monoisotopic (exact) mass is 407 g/mol. The molecular weight excluding hydrogens is 388 g/mol. The molecule has 1 aliphatic rings. The maximum Gasteiger partial charge on any atom is 0.330 e. The fourth-order valence-electron chi connectivity index (χ4n) is 2.46. The molecule has 0 amide bonds. The van der Waals surface area contributed by atoms with E-state index in [1.807, 2.05) is 4.98 Å². The molecule has 0 aromatic carbocycles. The number of aromatic amines is 1. The van der Waals surface area contributed by atoms with Crippen molar-refractivity contribution in [2.45, 2.75) is 45.2 Å². The number of aromatic nitrogens is 2. The van der Waals surface area contributed by atoms with Crippen LogP contribution in [0.1, 0.15) is 31.0 Å². The largest absolute Gasteiger partial charge is 0.463 e. The molecule has 0 radical (unpaired) electrons. The first-order valence-corrected chi connectivity index (χ1v) is 7.68. The minimum atomic E-state index is -1.50. The molecule has 12 heteroatoms. The Bertz CT molecular complexity index is 921. The van der Waals surface area contributed by atoms with Crippen LogP contribution in [-0.2, 0) is 33.3 Å². The van der Waals surface area contributed by atoms with Gasteiger partial charge in [0.05, 0.1) is 0 Å². The van der Waals surface area contributed by atoms with Gasteiger partial charge < -0.3 is 18.9 Å². The van der Waals surface area contributed by atoms with Crippen molar-refractivity contribution in [1.82, 2.24) is 9.55 Å². The Morgan fingerprint density at radius 1 is 1.19 bits per heavy atom. The molecule has 1 fully saturated rings. The number of hydrogen-bond donors (Lipinski definition) is 1. The van der Waals surface area contributed by atoms with E-state index in [4.69, 9.17) is 34.7 Å². The fourth-order valence-corrected chi connectivity index (χ4v) is 2.61. The lowest BCUT2D eigenvalue weighted by molar-refractivity contribution is -0.166. The van der Waals surface area contributed by atoms with Gasteiger partial charge in [-0.25, -0.2) is 4.79 Å². The Morgan fingerprint density at radius 2 is 1.81 bits per heavy atom. The van der Waals surface area contributed by atoms with Crippen LogP contribution in [0.25, 0.3) is 0 Å². The summed E-state index contributed by atoms with van der Waals surface area (Å²) in [6.07, 6.45) is -4.76. The molecule has 2 rings (SSSR count). The molecule has 0 spiro atoms. The van der Waals surface area contributed by atoms with E-state index >= 15 is 0 Å². The maximum atomic E-state index is 12.2. The number of carbonyl (C=O) groups excluding carboxylic acids is 3. The van der Waals surface area contributed by atoms with Gasteiger partial charge in [0, 0.05) is 31.0 Å². The lowest BCUT2D eigenvalue weighted by atomic mass is 10.1. The van der Waals surface area contributed by atoms with Crippen LogP contribution in [0.4, 0.5) is 0 Å². The topological polar surface area (TPSA) is 143 Å². The van der Waals surface area contributed by atoms with Crippen LogP contribution in [0.3, 0.4) is 0 Å². The van der Waals surface area contributed by atoms with Gasteiger partial charge in [-0.3, -0.25) is 28.7 Å². The van der Waals surface area contributed by atoms with Crippen LogP contribution in [0.15, 0.2) is 15.8 Å². The highest BCUT2D eigenvalue weighted by Crippen LogP contribution is 2.33. The van der Waals surface area contributed by atoms with Crippen LogP contribution < -0.4 is 11.2 Å². The van der Waals surface area contributed by atoms with Gasteiger partial charge in [-0.2, -0.15) is 0 Å². The second kappa shape index (κ2) is 8.35. The first kappa shape index (κ1) is 16.5. The third-order valence-corrected chi connectivity index (χ3v) is 3.70. The van der Waals surface area contributed by atoms with Crippen molar-refractivity contribution in [2.75, 3.05) is 6.61 Å². The van der Waals surface area contributed by atoms with E-state index in [-0.39, 0.29) is 0 Å². The number of esters is 3. The van der Waals surface area contributed by atoms with E-state index in [9.17, 15) is 24.0 Å². The molecule has 11 nitrogen and oxygen atoms in total. The molecule has 1 aliphatic heterocycles. The SMILES string of the molecule is [2H]CC(=O)OC[C@H]1OC(n2cc(Cl)c(=O)[nH]c2=O)[C@H](OC(=O)C[2H])[C@H]1OC(=O)C[2H]. The van der Waals surface area contributed by atoms with Crippen LogP contribution in [0, 0.1) is 0 Å². The standard InChI is InChI=1S/C15H17ClN2O9/c1-6(19)24-5-10-11(25-7(2)20)12(26-8(3)21)14(27-10)18-4-9(16)13(22)17-15(18)23/h4,10-12,14H,5H2,1-3H3,(H,17,22,23)/t10-,11+,12-,14?/m1/s1/i1D,2D,3D. The average Bonchev–Trinajstić information content (AvgIpc) is 3.05. The van der Waals surface area contributed by atoms with Crippen molar-refractivity contribution < 1.29 is 37.4 Å². The van der Waals surface area contributed by atoms with Crippen LogP contribution in [0.2, 0.25) is 5.02 Å². The van der Waals surface area contributed by atoms with Crippen molar-refractivity contribution >= 4 is 29.5 Å². The van der Waals surface area contributed by atoms with Crippen molar-refractivity contribution in [3.8, 4) is 0 Å². The van der Waals surface area contributed by atoms with Gasteiger partial charge >= 0.3 is 23.6 Å². The van der Waals surface area contributed by atoms with Crippen LogP contribution in [0.5, 0.6) is 0 Å². The molecule has 1 aromatic heterocycles. The van der Waals surface area contributed by atoms with Gasteiger partial charge in [0.2, 0.25) is 0 Å². The van der Waals surface area contributed by atoms with E-state index in [2.05, 4.69) is 0 Å². The Labute approximate surface area is 161 Å². The minimum absolute atomic E-state index is 0.396. The summed E-state index contributed by atoms with van der Waals surface area (Å²) < 4.78 is 42.6. The Kier molecular flexibility index (Phi) is 5.11. The zero-order chi connectivity index (χ0) is 22.4. The molecule has 1 unspecified atom stereocenters. The summed E-state index contributed by atoms with van der Waals surface area (Å²) in [6.45, 7) is -2.82. The number of ether oxygens (including phenoxy) is 4. The van der Waals surface area contributed by atoms with Crippen molar-refractivity contribution in [2.24, 2.45) is 0 Å². The Balaban J connectivity index is 2.47. The molecule has 0 saturated carbocycles. The predicted molar refractivity (Wildman–Crippen MR) is 88.0 cm³/mol. The zero-order valence-corrected chi connectivity index (χ0v) is 14.5. The maximum absolute atomic E-state index is 12.2. The highest BCUT2D eigenvalue weighted by atomic mass is 35.5. The molecule has 27 heavy (non-hydrogen) atoms. The van der Waals surface area contributed by atoms with Crippen LogP contribution >= 0.6 is 11.6 Å². The van der Waals surface area contributed by atoms with E-state index in [1.54, 1.807) is 0 Å². The van der Waals surface area contributed by atoms with Crippen molar-refractivity contribution in [3.05, 3.63) is 32.1 Å². The third kappa shape index (κ3) is 4.95.